The fraction of sp³-hybridized carbons (Fsp3) is 0.111. The van der Waals surface area contributed by atoms with Gasteiger partial charge < -0.3 is 0 Å². The molecule has 2 rings (SSSR count). The second-order valence-electron chi connectivity index (χ2n) is 2.47. The molecule has 2 heteroatoms. The topological polar surface area (TPSA) is 0 Å². The second kappa shape index (κ2) is 3.08. The summed E-state index contributed by atoms with van der Waals surface area (Å²) < 4.78 is 4.75. The van der Waals surface area contributed by atoms with Crippen LogP contribution in [0.25, 0.3) is 8.79 Å². The average molecular weight is 370 g/mol. The molecule has 0 aliphatic carbocycles. The van der Waals surface area contributed by atoms with E-state index in [4.69, 9.17) is 0 Å². The van der Waals surface area contributed by atoms with Crippen LogP contribution in [-0.2, 0) is 0 Å². The van der Waals surface area contributed by atoms with Gasteiger partial charge in [0.2, 0.25) is 0 Å². The minimum atomic E-state index is 0.0179. The molecule has 0 radical (unpaired) electrons. The Bertz CT molecular complexity index is 389. The van der Waals surface area contributed by atoms with Crippen LogP contribution in [0.1, 0.15) is 3.58 Å². The van der Waals surface area contributed by atoms with Gasteiger partial charge in [0, 0.05) is 0 Å². The number of hydrogen-bond acceptors (Lipinski definition) is 0. The molecule has 0 saturated carbocycles. The van der Waals surface area contributed by atoms with Gasteiger partial charge in [-0.25, -0.2) is 0 Å². The monoisotopic (exact) mass is 372 g/mol. The standard InChI is InChI=1S/C9H7ITe/c1-6-9(10)7-4-2-3-5-8(7)11-6/h2-5H,1H3. The summed E-state index contributed by atoms with van der Waals surface area (Å²) in [6.07, 6.45) is 0. The first kappa shape index (κ1) is 8.09. The first-order valence-electron chi connectivity index (χ1n) is 3.42. The van der Waals surface area contributed by atoms with Crippen molar-refractivity contribution < 1.29 is 0 Å². The van der Waals surface area contributed by atoms with Gasteiger partial charge in [0.05, 0.1) is 0 Å². The molecule has 0 unspecified atom stereocenters. The molecule has 56 valence electrons. The number of hydrogen-bond donors (Lipinski definition) is 0. The van der Waals surface area contributed by atoms with Crippen LogP contribution >= 0.6 is 22.6 Å². The molecular weight excluding hydrogens is 363 g/mol. The average Bonchev–Trinajstić information content (AvgIpc) is 2.30. The van der Waals surface area contributed by atoms with Crippen molar-refractivity contribution in [2.75, 3.05) is 0 Å². The summed E-state index contributed by atoms with van der Waals surface area (Å²) in [5.74, 6) is 0. The predicted molar refractivity (Wildman–Crippen MR) is 58.3 cm³/mol. The number of benzene rings is 1. The van der Waals surface area contributed by atoms with Crippen molar-refractivity contribution in [2.45, 2.75) is 6.92 Å². The Balaban J connectivity index is 2.92. The van der Waals surface area contributed by atoms with Crippen molar-refractivity contribution in [3.63, 3.8) is 0 Å². The van der Waals surface area contributed by atoms with Gasteiger partial charge in [-0.05, 0) is 0 Å². The van der Waals surface area contributed by atoms with Gasteiger partial charge in [0.25, 0.3) is 0 Å². The molecule has 0 N–H and O–H groups in total. The molecule has 1 aromatic heterocycles. The molecule has 2 aromatic rings. The molecule has 0 bridgehead atoms. The normalized spacial score (nSPS) is 10.7. The molecule has 11 heavy (non-hydrogen) atoms. The van der Waals surface area contributed by atoms with Gasteiger partial charge in [-0.15, -0.1) is 0 Å². The van der Waals surface area contributed by atoms with E-state index < -0.39 is 0 Å². The van der Waals surface area contributed by atoms with E-state index in [-0.39, 0.29) is 20.4 Å². The molecular formula is C9H7ITe. The molecule has 0 aliphatic heterocycles. The Morgan fingerprint density at radius 2 is 2.00 bits per heavy atom. The second-order valence-corrected chi connectivity index (χ2v) is 7.13. The van der Waals surface area contributed by atoms with Gasteiger partial charge >= 0.3 is 90.1 Å². The number of halogens is 1. The van der Waals surface area contributed by atoms with E-state index in [0.717, 1.165) is 0 Å². The first-order chi connectivity index (χ1) is 5.29. The zero-order valence-corrected chi connectivity index (χ0v) is 10.6. The van der Waals surface area contributed by atoms with Crippen molar-refractivity contribution >= 4 is 51.8 Å². The van der Waals surface area contributed by atoms with E-state index >= 15 is 0 Å². The zero-order valence-electron chi connectivity index (χ0n) is 6.10. The van der Waals surface area contributed by atoms with E-state index in [0.29, 0.717) is 0 Å². The van der Waals surface area contributed by atoms with Gasteiger partial charge in [0.1, 0.15) is 0 Å². The molecule has 0 atom stereocenters. The van der Waals surface area contributed by atoms with Crippen LogP contribution in [0.5, 0.6) is 0 Å². The number of aryl methyl sites for hydroxylation is 1. The molecule has 0 saturated heterocycles. The molecule has 0 fully saturated rings. The SMILES string of the molecule is Cc1[te]c2ccccc2c1I. The Kier molecular flexibility index (Phi) is 2.27. The van der Waals surface area contributed by atoms with Crippen molar-refractivity contribution in [1.82, 2.24) is 0 Å². The van der Waals surface area contributed by atoms with Crippen molar-refractivity contribution in [3.05, 3.63) is 31.4 Å². The molecule has 1 heterocycles. The minimum absolute atomic E-state index is 0.0179. The number of fused-ring (bicyclic) bond motifs is 1. The van der Waals surface area contributed by atoms with Crippen LogP contribution in [0.4, 0.5) is 0 Å². The van der Waals surface area contributed by atoms with Crippen LogP contribution in [0, 0.1) is 10.5 Å². The van der Waals surface area contributed by atoms with E-state index in [1.54, 1.807) is 6.98 Å². The van der Waals surface area contributed by atoms with E-state index in [2.05, 4.69) is 53.8 Å². The van der Waals surface area contributed by atoms with E-state index in [1.165, 1.54) is 8.96 Å². The molecule has 0 spiro atoms. The number of rotatable bonds is 0. The van der Waals surface area contributed by atoms with Crippen LogP contribution in [-0.4, -0.2) is 20.4 Å². The summed E-state index contributed by atoms with van der Waals surface area (Å²) in [4.78, 5) is 0. The Labute approximate surface area is 89.4 Å². The van der Waals surface area contributed by atoms with Gasteiger partial charge in [-0.1, -0.05) is 0 Å². The predicted octanol–water partition coefficient (Wildman–Crippen LogP) is 2.81. The Hall–Kier alpha value is 0.480. The van der Waals surface area contributed by atoms with Crippen LogP contribution in [0.3, 0.4) is 0 Å². The van der Waals surface area contributed by atoms with Crippen LogP contribution < -0.4 is 0 Å². The maximum atomic E-state index is 2.46. The molecule has 1 aromatic carbocycles. The van der Waals surface area contributed by atoms with Gasteiger partial charge in [-0.3, -0.25) is 0 Å². The van der Waals surface area contributed by atoms with Crippen LogP contribution in [0.15, 0.2) is 24.3 Å². The van der Waals surface area contributed by atoms with Crippen LogP contribution in [0.2, 0.25) is 0 Å². The summed E-state index contributed by atoms with van der Waals surface area (Å²) in [5.41, 5.74) is 0. The van der Waals surface area contributed by atoms with Crippen molar-refractivity contribution in [2.24, 2.45) is 0 Å². The summed E-state index contributed by atoms with van der Waals surface area (Å²) in [6, 6.07) is 8.78. The van der Waals surface area contributed by atoms with Gasteiger partial charge in [-0.2, -0.15) is 0 Å². The third kappa shape index (κ3) is 1.37. The van der Waals surface area contributed by atoms with Crippen molar-refractivity contribution in [1.29, 1.82) is 0 Å². The van der Waals surface area contributed by atoms with E-state index in [9.17, 15) is 0 Å². The third-order valence-electron chi connectivity index (χ3n) is 1.70. The molecule has 0 amide bonds. The summed E-state index contributed by atoms with van der Waals surface area (Å²) in [5, 5.41) is 1.49. The summed E-state index contributed by atoms with van der Waals surface area (Å²) in [6.45, 7) is 2.27. The summed E-state index contributed by atoms with van der Waals surface area (Å²) in [7, 11) is 0. The van der Waals surface area contributed by atoms with E-state index in [1.807, 2.05) is 0 Å². The summed E-state index contributed by atoms with van der Waals surface area (Å²) >= 11 is 2.48. The fourth-order valence-corrected chi connectivity index (χ4v) is 5.64. The first-order valence-corrected chi connectivity index (χ1v) is 6.83. The Morgan fingerprint density at radius 3 is 2.73 bits per heavy atom. The molecule has 0 nitrogen and oxygen atoms in total. The fourth-order valence-electron chi connectivity index (χ4n) is 1.14. The Morgan fingerprint density at radius 1 is 1.27 bits per heavy atom. The maximum absolute atomic E-state index is 2.46. The zero-order chi connectivity index (χ0) is 7.84. The van der Waals surface area contributed by atoms with Crippen molar-refractivity contribution in [3.8, 4) is 0 Å². The van der Waals surface area contributed by atoms with Gasteiger partial charge in [0.15, 0.2) is 0 Å². The quantitative estimate of drug-likeness (QED) is 0.495. The molecule has 0 aliphatic rings. The third-order valence-corrected chi connectivity index (χ3v) is 7.32.